The van der Waals surface area contributed by atoms with Crippen LogP contribution >= 0.6 is 11.6 Å². The van der Waals surface area contributed by atoms with E-state index in [0.29, 0.717) is 35.2 Å². The number of hydrogen-bond donors (Lipinski definition) is 0. The number of hydrogen-bond acceptors (Lipinski definition) is 2. The number of aromatic nitrogens is 2. The normalized spacial score (nSPS) is 11.1. The third kappa shape index (κ3) is 4.57. The highest BCUT2D eigenvalue weighted by molar-refractivity contribution is 6.31. The highest BCUT2D eigenvalue weighted by Gasteiger charge is 2.14. The van der Waals surface area contributed by atoms with Crippen molar-refractivity contribution in [2.45, 2.75) is 20.8 Å². The Morgan fingerprint density at radius 1 is 1.40 bits per heavy atom. The Morgan fingerprint density at radius 2 is 2.04 bits per heavy atom. The number of likely N-dealkylation sites (N-methyl/N-ethyl adjacent to an activating group) is 1. The van der Waals surface area contributed by atoms with Crippen LogP contribution < -0.4 is 0 Å². The van der Waals surface area contributed by atoms with Crippen molar-refractivity contribution in [2.75, 3.05) is 13.1 Å². The molecular weight excluding hydrogens is 341 g/mol. The van der Waals surface area contributed by atoms with E-state index in [-0.39, 0.29) is 11.7 Å². The minimum Gasteiger partial charge on any atom is -0.335 e. The number of carbonyl (C=O) groups excluding carboxylic acids is 1. The van der Waals surface area contributed by atoms with Gasteiger partial charge in [-0.1, -0.05) is 23.8 Å². The topological polar surface area (TPSA) is 38.1 Å². The molecule has 0 fully saturated rings. The Hall–Kier alpha value is -2.40. The monoisotopic (exact) mass is 361 g/mol. The van der Waals surface area contributed by atoms with Gasteiger partial charge >= 0.3 is 0 Å². The lowest BCUT2D eigenvalue weighted by Gasteiger charge is -2.18. The number of halogens is 2. The van der Waals surface area contributed by atoms with Crippen LogP contribution in [0.5, 0.6) is 0 Å². The number of rotatable bonds is 6. The van der Waals surface area contributed by atoms with Gasteiger partial charge in [-0.05, 0) is 51.1 Å². The van der Waals surface area contributed by atoms with Crippen LogP contribution in [0.25, 0.3) is 11.8 Å². The SMILES string of the molecule is C=C(C)CN(CC)C(=O)/C=C/c1c(C)nn(-c2ccc(F)cc2)c1Cl. The maximum absolute atomic E-state index is 13.1. The fourth-order valence-corrected chi connectivity index (χ4v) is 2.72. The third-order valence-electron chi connectivity index (χ3n) is 3.67. The lowest BCUT2D eigenvalue weighted by Crippen LogP contribution is -2.30. The van der Waals surface area contributed by atoms with E-state index in [1.54, 1.807) is 23.1 Å². The minimum absolute atomic E-state index is 0.115. The second-order valence-corrected chi connectivity index (χ2v) is 6.18. The molecule has 1 amide bonds. The number of benzene rings is 1. The van der Waals surface area contributed by atoms with Gasteiger partial charge in [0.25, 0.3) is 0 Å². The maximum atomic E-state index is 13.1. The fourth-order valence-electron chi connectivity index (χ4n) is 2.39. The molecule has 0 N–H and O–H groups in total. The van der Waals surface area contributed by atoms with Gasteiger partial charge in [0.15, 0.2) is 0 Å². The third-order valence-corrected chi connectivity index (χ3v) is 4.03. The molecule has 6 heteroatoms. The Morgan fingerprint density at radius 3 is 2.60 bits per heavy atom. The van der Waals surface area contributed by atoms with Gasteiger partial charge in [0.05, 0.1) is 11.4 Å². The molecule has 0 aliphatic heterocycles. The largest absolute Gasteiger partial charge is 0.335 e. The van der Waals surface area contributed by atoms with Gasteiger partial charge in [-0.2, -0.15) is 5.10 Å². The molecule has 0 atom stereocenters. The van der Waals surface area contributed by atoms with Crippen LogP contribution in [0, 0.1) is 12.7 Å². The number of carbonyl (C=O) groups is 1. The molecule has 1 aromatic carbocycles. The predicted octanol–water partition coefficient (Wildman–Crippen LogP) is 4.41. The van der Waals surface area contributed by atoms with Crippen molar-refractivity contribution >= 4 is 23.6 Å². The van der Waals surface area contributed by atoms with E-state index in [1.165, 1.54) is 22.9 Å². The van der Waals surface area contributed by atoms with Crippen LogP contribution in [-0.4, -0.2) is 33.7 Å². The summed E-state index contributed by atoms with van der Waals surface area (Å²) in [6.07, 6.45) is 3.14. The van der Waals surface area contributed by atoms with Crippen molar-refractivity contribution in [1.82, 2.24) is 14.7 Å². The summed E-state index contributed by atoms with van der Waals surface area (Å²) in [6, 6.07) is 5.88. The van der Waals surface area contributed by atoms with Crippen molar-refractivity contribution in [3.8, 4) is 5.69 Å². The number of aryl methyl sites for hydroxylation is 1. The van der Waals surface area contributed by atoms with Crippen LogP contribution in [0.1, 0.15) is 25.1 Å². The molecule has 0 saturated heterocycles. The molecule has 1 heterocycles. The van der Waals surface area contributed by atoms with Crippen molar-refractivity contribution in [2.24, 2.45) is 0 Å². The zero-order valence-corrected chi connectivity index (χ0v) is 15.3. The summed E-state index contributed by atoms with van der Waals surface area (Å²) >= 11 is 6.40. The Bertz CT molecular complexity index is 809. The molecule has 0 bridgehead atoms. The van der Waals surface area contributed by atoms with Crippen molar-refractivity contribution < 1.29 is 9.18 Å². The quantitative estimate of drug-likeness (QED) is 0.564. The van der Waals surface area contributed by atoms with E-state index in [4.69, 9.17) is 11.6 Å². The summed E-state index contributed by atoms with van der Waals surface area (Å²) in [4.78, 5) is 14.0. The average molecular weight is 362 g/mol. The number of amides is 1. The summed E-state index contributed by atoms with van der Waals surface area (Å²) in [6.45, 7) is 10.6. The minimum atomic E-state index is -0.327. The second-order valence-electron chi connectivity index (χ2n) is 5.82. The second kappa shape index (κ2) is 8.12. The van der Waals surface area contributed by atoms with Gasteiger partial charge in [-0.15, -0.1) is 0 Å². The van der Waals surface area contributed by atoms with Crippen molar-refractivity contribution in [1.29, 1.82) is 0 Å². The highest BCUT2D eigenvalue weighted by Crippen LogP contribution is 2.25. The summed E-state index contributed by atoms with van der Waals surface area (Å²) in [5.74, 6) is -0.442. The maximum Gasteiger partial charge on any atom is 0.246 e. The smallest absolute Gasteiger partial charge is 0.246 e. The molecule has 25 heavy (non-hydrogen) atoms. The van der Waals surface area contributed by atoms with Crippen LogP contribution in [0.3, 0.4) is 0 Å². The molecule has 0 radical (unpaired) electrons. The van der Waals surface area contributed by atoms with Crippen LogP contribution in [0.4, 0.5) is 4.39 Å². The summed E-state index contributed by atoms with van der Waals surface area (Å²) in [5.41, 5.74) is 2.91. The molecule has 4 nitrogen and oxygen atoms in total. The first-order chi connectivity index (χ1) is 11.8. The molecule has 0 unspecified atom stereocenters. The first-order valence-corrected chi connectivity index (χ1v) is 8.33. The van der Waals surface area contributed by atoms with Gasteiger partial charge in [-0.25, -0.2) is 9.07 Å². The highest BCUT2D eigenvalue weighted by atomic mass is 35.5. The summed E-state index contributed by atoms with van der Waals surface area (Å²) < 4.78 is 14.6. The Kier molecular flexibility index (Phi) is 6.15. The molecule has 1 aromatic heterocycles. The zero-order valence-electron chi connectivity index (χ0n) is 14.6. The summed E-state index contributed by atoms with van der Waals surface area (Å²) in [7, 11) is 0. The van der Waals surface area contributed by atoms with Crippen LogP contribution in [-0.2, 0) is 4.79 Å². The molecular formula is C19H21ClFN3O. The van der Waals surface area contributed by atoms with Crippen molar-refractivity contribution in [3.63, 3.8) is 0 Å². The van der Waals surface area contributed by atoms with E-state index in [1.807, 2.05) is 20.8 Å². The van der Waals surface area contributed by atoms with E-state index in [0.717, 1.165) is 5.57 Å². The molecule has 0 saturated carbocycles. The van der Waals surface area contributed by atoms with Gasteiger partial charge < -0.3 is 4.90 Å². The van der Waals surface area contributed by atoms with E-state index < -0.39 is 0 Å². The van der Waals surface area contributed by atoms with Gasteiger partial charge in [-0.3, -0.25) is 4.79 Å². The van der Waals surface area contributed by atoms with Gasteiger partial charge in [0.1, 0.15) is 11.0 Å². The lowest BCUT2D eigenvalue weighted by molar-refractivity contribution is -0.125. The number of nitrogens with zero attached hydrogens (tertiary/aromatic N) is 3. The molecule has 132 valence electrons. The van der Waals surface area contributed by atoms with Gasteiger partial charge in [0, 0.05) is 24.7 Å². The molecule has 0 aliphatic carbocycles. The van der Waals surface area contributed by atoms with E-state index >= 15 is 0 Å². The predicted molar refractivity (Wildman–Crippen MR) is 99.4 cm³/mol. The summed E-state index contributed by atoms with van der Waals surface area (Å²) in [5, 5.41) is 4.74. The van der Waals surface area contributed by atoms with Crippen molar-refractivity contribution in [3.05, 3.63) is 64.7 Å². The zero-order chi connectivity index (χ0) is 18.6. The standard InChI is InChI=1S/C19H21ClFN3O/c1-5-23(12-13(2)3)18(25)11-10-17-14(4)22-24(19(17)20)16-8-6-15(21)7-9-16/h6-11H,2,5,12H2,1,3-4H3/b11-10+. The van der Waals surface area contributed by atoms with E-state index in [2.05, 4.69) is 11.7 Å². The first-order valence-electron chi connectivity index (χ1n) is 7.96. The average Bonchev–Trinajstić information content (AvgIpc) is 2.85. The molecule has 2 rings (SSSR count). The molecule has 2 aromatic rings. The van der Waals surface area contributed by atoms with Gasteiger partial charge in [0.2, 0.25) is 5.91 Å². The Balaban J connectivity index is 2.27. The Labute approximate surface area is 152 Å². The van der Waals surface area contributed by atoms with E-state index in [9.17, 15) is 9.18 Å². The van der Waals surface area contributed by atoms with Crippen LogP contribution in [0.2, 0.25) is 5.15 Å². The first kappa shape index (κ1) is 18.9. The fraction of sp³-hybridized carbons (Fsp3) is 0.263. The molecule has 0 aliphatic rings. The molecule has 0 spiro atoms. The van der Waals surface area contributed by atoms with Crippen LogP contribution in [0.15, 0.2) is 42.5 Å². The lowest BCUT2D eigenvalue weighted by atomic mass is 10.2.